The van der Waals surface area contributed by atoms with Gasteiger partial charge in [0.25, 0.3) is 0 Å². The van der Waals surface area contributed by atoms with Crippen molar-refractivity contribution in [3.05, 3.63) is 53.9 Å². The third-order valence-electron chi connectivity index (χ3n) is 2.18. The summed E-state index contributed by atoms with van der Waals surface area (Å²) in [5.41, 5.74) is 1.75. The van der Waals surface area contributed by atoms with Gasteiger partial charge in [-0.2, -0.15) is 0 Å². The number of benzene rings is 1. The van der Waals surface area contributed by atoms with Crippen molar-refractivity contribution < 1.29 is 9.84 Å². The number of nitrogens with zero attached hydrogens (tertiary/aromatic N) is 1. The van der Waals surface area contributed by atoms with Crippen LogP contribution < -0.4 is 4.74 Å². The molecule has 2 rings (SSSR count). The summed E-state index contributed by atoms with van der Waals surface area (Å²) in [5.74, 6) is 1.47. The summed E-state index contributed by atoms with van der Waals surface area (Å²) in [6.45, 7) is 1.93. The molecule has 82 valence electrons. The molecule has 0 atom stereocenters. The van der Waals surface area contributed by atoms with E-state index in [4.69, 9.17) is 9.84 Å². The molecular weight excluding hydrogens is 202 g/mol. The highest BCUT2D eigenvalue weighted by atomic mass is 16.5. The number of rotatable bonds is 3. The van der Waals surface area contributed by atoms with Crippen molar-refractivity contribution in [3.8, 4) is 11.5 Å². The molecule has 1 aromatic carbocycles. The Morgan fingerprint density at radius 3 is 2.75 bits per heavy atom. The predicted molar refractivity (Wildman–Crippen MR) is 61.4 cm³/mol. The van der Waals surface area contributed by atoms with E-state index in [2.05, 4.69) is 4.98 Å². The van der Waals surface area contributed by atoms with Gasteiger partial charge in [-0.15, -0.1) is 0 Å². The van der Waals surface area contributed by atoms with Crippen molar-refractivity contribution in [2.24, 2.45) is 0 Å². The highest BCUT2D eigenvalue weighted by Crippen LogP contribution is 2.22. The topological polar surface area (TPSA) is 42.4 Å². The molecule has 0 bridgehead atoms. The highest BCUT2D eigenvalue weighted by molar-refractivity contribution is 5.33. The first kappa shape index (κ1) is 10.6. The van der Waals surface area contributed by atoms with E-state index < -0.39 is 0 Å². The van der Waals surface area contributed by atoms with Crippen LogP contribution in [0.4, 0.5) is 0 Å². The third kappa shape index (κ3) is 2.58. The fraction of sp³-hybridized carbons (Fsp3) is 0.154. The number of aryl methyl sites for hydroxylation is 1. The minimum atomic E-state index is -0.0784. The maximum atomic E-state index is 8.95. The van der Waals surface area contributed by atoms with Crippen LogP contribution in [0.15, 0.2) is 42.6 Å². The van der Waals surface area contributed by atoms with Crippen molar-refractivity contribution in [2.75, 3.05) is 0 Å². The lowest BCUT2D eigenvalue weighted by molar-refractivity contribution is 0.276. The number of aliphatic hydroxyl groups excluding tert-OH is 1. The smallest absolute Gasteiger partial charge is 0.130 e. The number of aromatic nitrogens is 1. The van der Waals surface area contributed by atoms with Crippen LogP contribution in [0.1, 0.15) is 11.3 Å². The molecule has 0 unspecified atom stereocenters. The maximum absolute atomic E-state index is 8.95. The van der Waals surface area contributed by atoms with E-state index in [9.17, 15) is 0 Å². The monoisotopic (exact) mass is 215 g/mol. The van der Waals surface area contributed by atoms with Gasteiger partial charge in [0.15, 0.2) is 0 Å². The van der Waals surface area contributed by atoms with Gasteiger partial charge in [0.05, 0.1) is 12.3 Å². The normalized spacial score (nSPS) is 10.1. The van der Waals surface area contributed by atoms with Gasteiger partial charge < -0.3 is 9.84 Å². The Morgan fingerprint density at radius 1 is 1.19 bits per heavy atom. The maximum Gasteiger partial charge on any atom is 0.130 e. The van der Waals surface area contributed by atoms with Gasteiger partial charge in [0.2, 0.25) is 0 Å². The first-order chi connectivity index (χ1) is 7.78. The van der Waals surface area contributed by atoms with Crippen molar-refractivity contribution in [3.63, 3.8) is 0 Å². The minimum Gasteiger partial charge on any atom is -0.457 e. The molecule has 3 heteroatoms. The van der Waals surface area contributed by atoms with Crippen molar-refractivity contribution >= 4 is 0 Å². The SMILES string of the molecule is Cc1cccc(Oc2ccnc(CO)c2)c1. The molecule has 1 aromatic heterocycles. The molecule has 1 heterocycles. The van der Waals surface area contributed by atoms with Crippen molar-refractivity contribution in [2.45, 2.75) is 13.5 Å². The van der Waals surface area contributed by atoms with Crippen LogP contribution in [-0.2, 0) is 6.61 Å². The fourth-order valence-electron chi connectivity index (χ4n) is 1.42. The molecule has 0 aliphatic heterocycles. The van der Waals surface area contributed by atoms with Gasteiger partial charge in [0, 0.05) is 12.3 Å². The summed E-state index contributed by atoms with van der Waals surface area (Å²) >= 11 is 0. The van der Waals surface area contributed by atoms with Gasteiger partial charge in [0.1, 0.15) is 11.5 Å². The Balaban J connectivity index is 2.20. The summed E-state index contributed by atoms with van der Waals surface area (Å²) in [7, 11) is 0. The first-order valence-electron chi connectivity index (χ1n) is 5.08. The average Bonchev–Trinajstić information content (AvgIpc) is 2.29. The number of hydrogen-bond donors (Lipinski definition) is 1. The summed E-state index contributed by atoms with van der Waals surface area (Å²) < 4.78 is 5.65. The van der Waals surface area contributed by atoms with Crippen LogP contribution in [0, 0.1) is 6.92 Å². The lowest BCUT2D eigenvalue weighted by atomic mass is 10.2. The molecule has 3 nitrogen and oxygen atoms in total. The van der Waals surface area contributed by atoms with Crippen LogP contribution in [0.2, 0.25) is 0 Å². The van der Waals surface area contributed by atoms with Crippen LogP contribution in [0.5, 0.6) is 11.5 Å². The molecule has 0 radical (unpaired) electrons. The van der Waals surface area contributed by atoms with Crippen molar-refractivity contribution in [1.82, 2.24) is 4.98 Å². The van der Waals surface area contributed by atoms with E-state index in [-0.39, 0.29) is 6.61 Å². The van der Waals surface area contributed by atoms with E-state index >= 15 is 0 Å². The van der Waals surface area contributed by atoms with E-state index in [0.717, 1.165) is 11.3 Å². The Morgan fingerprint density at radius 2 is 2.00 bits per heavy atom. The van der Waals surface area contributed by atoms with Gasteiger partial charge in [-0.05, 0) is 30.7 Å². The summed E-state index contributed by atoms with van der Waals surface area (Å²) in [5, 5.41) is 8.95. The van der Waals surface area contributed by atoms with Crippen LogP contribution in [0.25, 0.3) is 0 Å². The Bertz CT molecular complexity index is 483. The molecule has 0 spiro atoms. The van der Waals surface area contributed by atoms with Gasteiger partial charge in [-0.1, -0.05) is 12.1 Å². The van der Waals surface area contributed by atoms with E-state index in [1.807, 2.05) is 31.2 Å². The number of aliphatic hydroxyl groups is 1. The zero-order chi connectivity index (χ0) is 11.4. The molecular formula is C13H13NO2. The number of pyridine rings is 1. The predicted octanol–water partition coefficient (Wildman–Crippen LogP) is 2.67. The quantitative estimate of drug-likeness (QED) is 0.855. The summed E-state index contributed by atoms with van der Waals surface area (Å²) in [6, 6.07) is 11.3. The minimum absolute atomic E-state index is 0.0784. The molecule has 0 saturated carbocycles. The van der Waals surface area contributed by atoms with Gasteiger partial charge in [-0.3, -0.25) is 4.98 Å². The Kier molecular flexibility index (Phi) is 3.17. The lowest BCUT2D eigenvalue weighted by Crippen LogP contribution is -1.90. The molecule has 0 aliphatic carbocycles. The Labute approximate surface area is 94.3 Å². The second-order valence-electron chi connectivity index (χ2n) is 3.56. The van der Waals surface area contributed by atoms with Crippen molar-refractivity contribution in [1.29, 1.82) is 0 Å². The number of ether oxygens (including phenoxy) is 1. The van der Waals surface area contributed by atoms with Crippen LogP contribution >= 0.6 is 0 Å². The van der Waals surface area contributed by atoms with Crippen LogP contribution in [-0.4, -0.2) is 10.1 Å². The molecule has 2 aromatic rings. The average molecular weight is 215 g/mol. The molecule has 0 amide bonds. The second kappa shape index (κ2) is 4.77. The van der Waals surface area contributed by atoms with E-state index in [1.54, 1.807) is 18.3 Å². The molecule has 0 aliphatic rings. The summed E-state index contributed by atoms with van der Waals surface area (Å²) in [6.07, 6.45) is 1.62. The standard InChI is InChI=1S/C13H13NO2/c1-10-3-2-4-12(7-10)16-13-5-6-14-11(8-13)9-15/h2-8,15H,9H2,1H3. The molecule has 0 fully saturated rings. The van der Waals surface area contributed by atoms with E-state index in [0.29, 0.717) is 11.4 Å². The van der Waals surface area contributed by atoms with Gasteiger partial charge in [-0.25, -0.2) is 0 Å². The lowest BCUT2D eigenvalue weighted by Gasteiger charge is -2.06. The summed E-state index contributed by atoms with van der Waals surface area (Å²) in [4.78, 5) is 3.99. The number of hydrogen-bond acceptors (Lipinski definition) is 3. The largest absolute Gasteiger partial charge is 0.457 e. The second-order valence-corrected chi connectivity index (χ2v) is 3.56. The molecule has 0 saturated heterocycles. The Hall–Kier alpha value is -1.87. The zero-order valence-electron chi connectivity index (χ0n) is 9.05. The van der Waals surface area contributed by atoms with Gasteiger partial charge >= 0.3 is 0 Å². The van der Waals surface area contributed by atoms with E-state index in [1.165, 1.54) is 0 Å². The molecule has 1 N–H and O–H groups in total. The molecule has 16 heavy (non-hydrogen) atoms. The first-order valence-corrected chi connectivity index (χ1v) is 5.08. The van der Waals surface area contributed by atoms with Crippen LogP contribution in [0.3, 0.4) is 0 Å². The zero-order valence-corrected chi connectivity index (χ0v) is 9.05. The highest BCUT2D eigenvalue weighted by Gasteiger charge is 1.99. The third-order valence-corrected chi connectivity index (χ3v) is 2.18. The fourth-order valence-corrected chi connectivity index (χ4v) is 1.42.